The zero-order valence-electron chi connectivity index (χ0n) is 15.0. The van der Waals surface area contributed by atoms with Crippen molar-refractivity contribution in [2.45, 2.75) is 32.5 Å². The molecule has 136 valence electrons. The molecule has 2 aromatic heterocycles. The Morgan fingerprint density at radius 2 is 2.32 bits per heavy atom. The van der Waals surface area contributed by atoms with Crippen LogP contribution in [0.3, 0.4) is 0 Å². The lowest BCUT2D eigenvalue weighted by Crippen LogP contribution is -2.36. The molecule has 0 spiro atoms. The minimum absolute atomic E-state index is 0.0365. The molecule has 0 bridgehead atoms. The lowest BCUT2D eigenvalue weighted by atomic mass is 9.98. The third-order valence-corrected chi connectivity index (χ3v) is 4.39. The fourth-order valence-corrected chi connectivity index (χ4v) is 3.12. The lowest BCUT2D eigenvalue weighted by Gasteiger charge is -2.31. The van der Waals surface area contributed by atoms with Crippen molar-refractivity contribution in [1.82, 2.24) is 24.8 Å². The van der Waals surface area contributed by atoms with Crippen molar-refractivity contribution in [2.24, 2.45) is 0 Å². The number of rotatable bonds is 7. The van der Waals surface area contributed by atoms with Crippen molar-refractivity contribution in [3.63, 3.8) is 0 Å². The molecular weight excluding hydrogens is 322 g/mol. The number of fused-ring (bicyclic) bond motifs is 1. The topological polar surface area (TPSA) is 76.6 Å². The fourth-order valence-electron chi connectivity index (χ4n) is 3.12. The van der Waals surface area contributed by atoms with Crippen molar-refractivity contribution >= 4 is 5.91 Å². The molecule has 1 atom stereocenters. The normalized spacial score (nSPS) is 17.5. The Labute approximate surface area is 147 Å². The number of likely N-dealkylation sites (N-methyl/N-ethyl adjacent to an activating group) is 1. The van der Waals surface area contributed by atoms with Gasteiger partial charge in [0.2, 0.25) is 5.91 Å². The molecule has 0 aliphatic carbocycles. The molecule has 0 aromatic carbocycles. The Hall–Kier alpha value is -2.19. The number of ether oxygens (including phenoxy) is 1. The third-order valence-electron chi connectivity index (χ3n) is 4.39. The zero-order valence-corrected chi connectivity index (χ0v) is 15.0. The van der Waals surface area contributed by atoms with Gasteiger partial charge >= 0.3 is 0 Å². The van der Waals surface area contributed by atoms with E-state index in [0.717, 1.165) is 43.3 Å². The minimum Gasteiger partial charge on any atom is -0.468 e. The van der Waals surface area contributed by atoms with Crippen molar-refractivity contribution in [1.29, 1.82) is 0 Å². The van der Waals surface area contributed by atoms with E-state index in [1.807, 2.05) is 16.8 Å². The average molecular weight is 347 g/mol. The largest absolute Gasteiger partial charge is 0.468 e. The maximum Gasteiger partial charge on any atom is 0.248 e. The Bertz CT molecular complexity index is 695. The first kappa shape index (κ1) is 17.6. The molecule has 3 rings (SSSR count). The van der Waals surface area contributed by atoms with Gasteiger partial charge < -0.3 is 14.1 Å². The SMILES string of the molecule is CCn1nnc2c1[C@@H](COCC(=O)N(C)C)CN(Cc1ccco1)C2. The number of hydrogen-bond donors (Lipinski definition) is 0. The van der Waals surface area contributed by atoms with Gasteiger partial charge in [-0.15, -0.1) is 5.10 Å². The maximum atomic E-state index is 11.7. The monoisotopic (exact) mass is 347 g/mol. The Morgan fingerprint density at radius 3 is 3.00 bits per heavy atom. The second-order valence-electron chi connectivity index (χ2n) is 6.49. The van der Waals surface area contributed by atoms with Crippen molar-refractivity contribution in [3.05, 3.63) is 35.5 Å². The van der Waals surface area contributed by atoms with Crippen LogP contribution in [0.2, 0.25) is 0 Å². The standard InChI is InChI=1S/C17H25N5O3/c1-4-22-17-13(11-24-12-16(23)20(2)3)8-21(10-15(17)18-19-22)9-14-6-5-7-25-14/h5-7,13H,4,8-12H2,1-3H3/t13-/m1/s1. The Balaban J connectivity index is 1.70. The molecule has 3 heterocycles. The van der Waals surface area contributed by atoms with E-state index in [0.29, 0.717) is 6.61 Å². The summed E-state index contributed by atoms with van der Waals surface area (Å²) in [5, 5.41) is 8.59. The molecule has 1 amide bonds. The number of nitrogens with zero attached hydrogens (tertiary/aromatic N) is 5. The maximum absolute atomic E-state index is 11.7. The summed E-state index contributed by atoms with van der Waals surface area (Å²) in [5.74, 6) is 1.02. The Morgan fingerprint density at radius 1 is 1.48 bits per heavy atom. The van der Waals surface area contributed by atoms with E-state index in [-0.39, 0.29) is 18.4 Å². The average Bonchev–Trinajstić information content (AvgIpc) is 3.23. The second kappa shape index (κ2) is 7.79. The summed E-state index contributed by atoms with van der Waals surface area (Å²) in [4.78, 5) is 15.5. The van der Waals surface area contributed by atoms with Gasteiger partial charge in [0, 0.05) is 39.6 Å². The van der Waals surface area contributed by atoms with Crippen LogP contribution in [-0.4, -0.2) is 64.6 Å². The van der Waals surface area contributed by atoms with Crippen LogP contribution in [0.4, 0.5) is 0 Å². The molecule has 8 heteroatoms. The molecule has 0 unspecified atom stereocenters. The summed E-state index contributed by atoms with van der Waals surface area (Å²) in [6.07, 6.45) is 1.69. The van der Waals surface area contributed by atoms with E-state index in [2.05, 4.69) is 22.1 Å². The van der Waals surface area contributed by atoms with Crippen LogP contribution in [0.15, 0.2) is 22.8 Å². The highest BCUT2D eigenvalue weighted by Crippen LogP contribution is 2.28. The van der Waals surface area contributed by atoms with Gasteiger partial charge in [0.15, 0.2) is 0 Å². The summed E-state index contributed by atoms with van der Waals surface area (Å²) < 4.78 is 13.1. The first-order chi connectivity index (χ1) is 12.1. The van der Waals surface area contributed by atoms with E-state index in [1.165, 1.54) is 4.90 Å². The zero-order chi connectivity index (χ0) is 17.8. The molecule has 0 fully saturated rings. The molecule has 0 saturated heterocycles. The van der Waals surface area contributed by atoms with Crippen LogP contribution < -0.4 is 0 Å². The summed E-state index contributed by atoms with van der Waals surface area (Å²) in [5.41, 5.74) is 2.10. The predicted octanol–water partition coefficient (Wildman–Crippen LogP) is 1.10. The van der Waals surface area contributed by atoms with Gasteiger partial charge in [-0.2, -0.15) is 0 Å². The van der Waals surface area contributed by atoms with Gasteiger partial charge in [-0.25, -0.2) is 4.68 Å². The van der Waals surface area contributed by atoms with Gasteiger partial charge in [-0.05, 0) is 19.1 Å². The quantitative estimate of drug-likeness (QED) is 0.746. The number of amides is 1. The first-order valence-corrected chi connectivity index (χ1v) is 8.53. The predicted molar refractivity (Wildman–Crippen MR) is 90.8 cm³/mol. The van der Waals surface area contributed by atoms with Crippen molar-refractivity contribution in [2.75, 3.05) is 33.9 Å². The summed E-state index contributed by atoms with van der Waals surface area (Å²) in [6.45, 7) is 5.66. The van der Waals surface area contributed by atoms with E-state index < -0.39 is 0 Å². The molecular formula is C17H25N5O3. The van der Waals surface area contributed by atoms with Gasteiger partial charge in [0.1, 0.15) is 18.1 Å². The number of carbonyl (C=O) groups excluding carboxylic acids is 1. The van der Waals surface area contributed by atoms with E-state index in [9.17, 15) is 4.79 Å². The smallest absolute Gasteiger partial charge is 0.248 e. The first-order valence-electron chi connectivity index (χ1n) is 8.53. The molecule has 8 nitrogen and oxygen atoms in total. The van der Waals surface area contributed by atoms with Crippen LogP contribution in [0.25, 0.3) is 0 Å². The molecule has 25 heavy (non-hydrogen) atoms. The van der Waals surface area contributed by atoms with Crippen molar-refractivity contribution in [3.8, 4) is 0 Å². The molecule has 0 N–H and O–H groups in total. The fraction of sp³-hybridized carbons (Fsp3) is 0.588. The van der Waals surface area contributed by atoms with Crippen LogP contribution in [-0.2, 0) is 29.2 Å². The third kappa shape index (κ3) is 4.08. The van der Waals surface area contributed by atoms with Gasteiger partial charge in [0.05, 0.1) is 25.1 Å². The van der Waals surface area contributed by atoms with Crippen molar-refractivity contribution < 1.29 is 13.9 Å². The van der Waals surface area contributed by atoms with E-state index >= 15 is 0 Å². The molecule has 0 radical (unpaired) electrons. The van der Waals surface area contributed by atoms with Gasteiger partial charge in [0.25, 0.3) is 0 Å². The number of aromatic nitrogens is 3. The van der Waals surface area contributed by atoms with Crippen LogP contribution in [0.1, 0.15) is 30.0 Å². The second-order valence-corrected chi connectivity index (χ2v) is 6.49. The minimum atomic E-state index is -0.0365. The van der Waals surface area contributed by atoms with Crippen LogP contribution in [0.5, 0.6) is 0 Å². The summed E-state index contributed by atoms with van der Waals surface area (Å²) >= 11 is 0. The molecule has 2 aromatic rings. The Kier molecular flexibility index (Phi) is 5.50. The molecule has 0 saturated carbocycles. The van der Waals surface area contributed by atoms with Crippen LogP contribution >= 0.6 is 0 Å². The summed E-state index contributed by atoms with van der Waals surface area (Å²) in [6, 6.07) is 3.87. The molecule has 1 aliphatic heterocycles. The van der Waals surface area contributed by atoms with Crippen LogP contribution in [0, 0.1) is 0 Å². The van der Waals surface area contributed by atoms with Gasteiger partial charge in [-0.1, -0.05) is 5.21 Å². The number of aryl methyl sites for hydroxylation is 1. The van der Waals surface area contributed by atoms with E-state index in [4.69, 9.17) is 9.15 Å². The summed E-state index contributed by atoms with van der Waals surface area (Å²) in [7, 11) is 3.46. The molecule has 1 aliphatic rings. The number of carbonyl (C=O) groups is 1. The van der Waals surface area contributed by atoms with E-state index in [1.54, 1.807) is 20.4 Å². The highest BCUT2D eigenvalue weighted by atomic mass is 16.5. The highest BCUT2D eigenvalue weighted by Gasteiger charge is 2.31. The number of furan rings is 1. The van der Waals surface area contributed by atoms with Gasteiger partial charge in [-0.3, -0.25) is 9.69 Å². The highest BCUT2D eigenvalue weighted by molar-refractivity contribution is 5.76. The number of hydrogen-bond acceptors (Lipinski definition) is 6. The lowest BCUT2D eigenvalue weighted by molar-refractivity contribution is -0.133.